The van der Waals surface area contributed by atoms with Gasteiger partial charge in [0.25, 0.3) is 0 Å². The number of pyridine rings is 1. The average Bonchev–Trinajstić information content (AvgIpc) is 2.68. The van der Waals surface area contributed by atoms with Crippen molar-refractivity contribution in [2.75, 3.05) is 6.54 Å². The second-order valence-corrected chi connectivity index (χ2v) is 6.58. The third-order valence-electron chi connectivity index (χ3n) is 4.04. The van der Waals surface area contributed by atoms with Crippen LogP contribution in [-0.4, -0.2) is 17.4 Å². The van der Waals surface area contributed by atoms with E-state index in [2.05, 4.69) is 10.3 Å². The van der Waals surface area contributed by atoms with Crippen LogP contribution in [0.3, 0.4) is 0 Å². The molecule has 0 atom stereocenters. The number of ether oxygens (including phenoxy) is 1. The van der Waals surface area contributed by atoms with E-state index in [9.17, 15) is 9.18 Å². The van der Waals surface area contributed by atoms with Gasteiger partial charge in [0.1, 0.15) is 11.6 Å². The minimum atomic E-state index is -0.555. The number of carbonyl (C=O) groups is 1. The van der Waals surface area contributed by atoms with Crippen molar-refractivity contribution in [3.05, 3.63) is 88.3 Å². The summed E-state index contributed by atoms with van der Waals surface area (Å²) in [5, 5.41) is 3.58. The molecule has 1 heterocycles. The normalized spacial score (nSPS) is 9.93. The Bertz CT molecular complexity index is 972. The molecular weight excluding hydrogens is 452 g/mol. The lowest BCUT2D eigenvalue weighted by molar-refractivity contribution is 0.100. The molecule has 1 aromatic heterocycles. The minimum Gasteiger partial charge on any atom is -0.437 e. The summed E-state index contributed by atoms with van der Waals surface area (Å²) in [6.45, 7) is 1.36. The standard InChI is InChI=1S/C21H19ClFN3O2.2ClH/c22-18-11-16(21(24)27)5-6-19(18)28-20-7-4-15(13-26-20)12-25-9-8-14-2-1-3-17(23)10-14;;/h1-7,10-11,13,25H,8-9,12H2,(H2,24,27);2*1H. The van der Waals surface area contributed by atoms with Gasteiger partial charge >= 0.3 is 0 Å². The molecule has 0 radical (unpaired) electrons. The monoisotopic (exact) mass is 471 g/mol. The van der Waals surface area contributed by atoms with Crippen LogP contribution in [0.1, 0.15) is 21.5 Å². The first-order chi connectivity index (χ1) is 13.5. The first-order valence-electron chi connectivity index (χ1n) is 8.68. The molecule has 0 aliphatic rings. The summed E-state index contributed by atoms with van der Waals surface area (Å²) in [6.07, 6.45) is 2.45. The van der Waals surface area contributed by atoms with Gasteiger partial charge < -0.3 is 15.8 Å². The molecule has 0 saturated carbocycles. The number of nitrogens with two attached hydrogens (primary N) is 1. The molecule has 1 amide bonds. The quantitative estimate of drug-likeness (QED) is 0.455. The van der Waals surface area contributed by atoms with Crippen molar-refractivity contribution in [2.24, 2.45) is 5.73 Å². The highest BCUT2D eigenvalue weighted by molar-refractivity contribution is 6.32. The van der Waals surface area contributed by atoms with E-state index in [4.69, 9.17) is 22.1 Å². The molecule has 3 rings (SSSR count). The van der Waals surface area contributed by atoms with Gasteiger partial charge in [-0.2, -0.15) is 0 Å². The fourth-order valence-electron chi connectivity index (χ4n) is 2.58. The molecule has 5 nitrogen and oxygen atoms in total. The molecule has 9 heteroatoms. The number of rotatable bonds is 8. The predicted molar refractivity (Wildman–Crippen MR) is 121 cm³/mol. The molecule has 0 spiro atoms. The van der Waals surface area contributed by atoms with Gasteiger partial charge in [0.05, 0.1) is 5.02 Å². The Labute approximate surface area is 191 Å². The van der Waals surface area contributed by atoms with Crippen molar-refractivity contribution in [3.63, 3.8) is 0 Å². The molecule has 0 aliphatic carbocycles. The van der Waals surface area contributed by atoms with Gasteiger partial charge in [-0.1, -0.05) is 29.8 Å². The van der Waals surface area contributed by atoms with Crippen molar-refractivity contribution in [3.8, 4) is 11.6 Å². The van der Waals surface area contributed by atoms with Gasteiger partial charge in [-0.3, -0.25) is 4.79 Å². The average molecular weight is 473 g/mol. The van der Waals surface area contributed by atoms with Crippen LogP contribution in [0.15, 0.2) is 60.8 Å². The van der Waals surface area contributed by atoms with Gasteiger partial charge in [0.15, 0.2) is 0 Å². The molecule has 0 unspecified atom stereocenters. The minimum absolute atomic E-state index is 0. The van der Waals surface area contributed by atoms with Gasteiger partial charge in [-0.15, -0.1) is 24.8 Å². The zero-order chi connectivity index (χ0) is 19.9. The Morgan fingerprint density at radius 2 is 1.90 bits per heavy atom. The fraction of sp³-hybridized carbons (Fsp3) is 0.143. The topological polar surface area (TPSA) is 77.2 Å². The molecule has 160 valence electrons. The summed E-state index contributed by atoms with van der Waals surface area (Å²) in [6, 6.07) is 14.8. The molecule has 2 aromatic carbocycles. The van der Waals surface area contributed by atoms with Crippen LogP contribution in [0.4, 0.5) is 4.39 Å². The molecule has 0 saturated heterocycles. The van der Waals surface area contributed by atoms with Crippen LogP contribution in [-0.2, 0) is 13.0 Å². The Kier molecular flexibility index (Phi) is 10.6. The van der Waals surface area contributed by atoms with Gasteiger partial charge in [-0.05, 0) is 54.4 Å². The summed E-state index contributed by atoms with van der Waals surface area (Å²) in [7, 11) is 0. The van der Waals surface area contributed by atoms with E-state index < -0.39 is 5.91 Å². The number of carbonyl (C=O) groups excluding carboxylic acids is 1. The van der Waals surface area contributed by atoms with E-state index in [1.807, 2.05) is 12.1 Å². The Balaban J connectivity index is 0.00000225. The van der Waals surface area contributed by atoms with E-state index in [0.717, 1.165) is 24.1 Å². The third kappa shape index (κ3) is 7.46. The number of primary amides is 1. The van der Waals surface area contributed by atoms with Crippen LogP contribution in [0.5, 0.6) is 11.6 Å². The molecule has 0 fully saturated rings. The molecule has 0 aliphatic heterocycles. The number of hydrogen-bond donors (Lipinski definition) is 2. The maximum Gasteiger partial charge on any atom is 0.248 e. The van der Waals surface area contributed by atoms with Crippen LogP contribution < -0.4 is 15.8 Å². The second kappa shape index (κ2) is 12.3. The first-order valence-corrected chi connectivity index (χ1v) is 9.06. The smallest absolute Gasteiger partial charge is 0.248 e. The number of amides is 1. The summed E-state index contributed by atoms with van der Waals surface area (Å²) in [4.78, 5) is 15.4. The first kappa shape index (κ1) is 25.7. The number of hydrogen-bond acceptors (Lipinski definition) is 4. The number of benzene rings is 2. The van der Waals surface area contributed by atoms with Crippen LogP contribution >= 0.6 is 36.4 Å². The fourth-order valence-corrected chi connectivity index (χ4v) is 2.80. The number of nitrogens with one attached hydrogen (secondary N) is 1. The zero-order valence-electron chi connectivity index (χ0n) is 15.8. The maximum atomic E-state index is 13.1. The maximum absolute atomic E-state index is 13.1. The molecule has 3 N–H and O–H groups in total. The molecule has 3 aromatic rings. The number of aromatic nitrogens is 1. The number of halogens is 4. The summed E-state index contributed by atoms with van der Waals surface area (Å²) in [5.74, 6) is -0.000133. The van der Waals surface area contributed by atoms with Gasteiger partial charge in [-0.25, -0.2) is 9.37 Å². The van der Waals surface area contributed by atoms with Crippen LogP contribution in [0.2, 0.25) is 5.02 Å². The Hall–Kier alpha value is -2.38. The van der Waals surface area contributed by atoms with Gasteiger partial charge in [0.2, 0.25) is 11.8 Å². The highest BCUT2D eigenvalue weighted by Crippen LogP contribution is 2.29. The van der Waals surface area contributed by atoms with Crippen molar-refractivity contribution in [1.29, 1.82) is 0 Å². The van der Waals surface area contributed by atoms with Crippen molar-refractivity contribution in [2.45, 2.75) is 13.0 Å². The van der Waals surface area contributed by atoms with E-state index in [1.165, 1.54) is 18.2 Å². The summed E-state index contributed by atoms with van der Waals surface area (Å²) in [5.41, 5.74) is 7.47. The van der Waals surface area contributed by atoms with Crippen molar-refractivity contribution in [1.82, 2.24) is 10.3 Å². The lowest BCUT2D eigenvalue weighted by Crippen LogP contribution is -2.16. The van der Waals surface area contributed by atoms with Crippen molar-refractivity contribution < 1.29 is 13.9 Å². The molecule has 30 heavy (non-hydrogen) atoms. The second-order valence-electron chi connectivity index (χ2n) is 6.17. The summed E-state index contributed by atoms with van der Waals surface area (Å²) >= 11 is 6.11. The zero-order valence-corrected chi connectivity index (χ0v) is 18.2. The van der Waals surface area contributed by atoms with E-state index in [1.54, 1.807) is 30.5 Å². The van der Waals surface area contributed by atoms with Gasteiger partial charge in [0, 0.05) is 24.4 Å². The molecular formula is C21H21Cl3FN3O2. The predicted octanol–water partition coefficient (Wildman–Crippen LogP) is 4.94. The Morgan fingerprint density at radius 1 is 1.10 bits per heavy atom. The van der Waals surface area contributed by atoms with E-state index in [-0.39, 0.29) is 35.7 Å². The van der Waals surface area contributed by atoms with E-state index in [0.29, 0.717) is 23.7 Å². The lowest BCUT2D eigenvalue weighted by atomic mass is 10.1. The summed E-state index contributed by atoms with van der Waals surface area (Å²) < 4.78 is 18.8. The van der Waals surface area contributed by atoms with Crippen LogP contribution in [0, 0.1) is 5.82 Å². The number of nitrogens with zero attached hydrogens (tertiary/aromatic N) is 1. The Morgan fingerprint density at radius 3 is 2.53 bits per heavy atom. The highest BCUT2D eigenvalue weighted by atomic mass is 35.5. The van der Waals surface area contributed by atoms with E-state index >= 15 is 0 Å². The lowest BCUT2D eigenvalue weighted by Gasteiger charge is -2.09. The largest absolute Gasteiger partial charge is 0.437 e. The van der Waals surface area contributed by atoms with Crippen LogP contribution in [0.25, 0.3) is 0 Å². The molecule has 0 bridgehead atoms. The highest BCUT2D eigenvalue weighted by Gasteiger charge is 2.08. The SMILES string of the molecule is Cl.Cl.NC(=O)c1ccc(Oc2ccc(CNCCc3cccc(F)c3)cn2)c(Cl)c1. The van der Waals surface area contributed by atoms with Crippen molar-refractivity contribution >= 4 is 42.3 Å². The third-order valence-corrected chi connectivity index (χ3v) is 4.33.